The summed E-state index contributed by atoms with van der Waals surface area (Å²) in [4.78, 5) is 27.9. The number of piperidine rings is 1. The van der Waals surface area contributed by atoms with Crippen molar-refractivity contribution in [2.75, 3.05) is 12.4 Å². The number of carbonyl (C=O) groups is 2. The fourth-order valence-corrected chi connectivity index (χ4v) is 8.71. The molecule has 5 rings (SSSR count). The third kappa shape index (κ3) is 3.38. The molecule has 1 heterocycles. The molecule has 0 radical (unpaired) electrons. The minimum Gasteiger partial charge on any atom is -0.324 e. The first-order valence-corrected chi connectivity index (χ1v) is 13.0. The van der Waals surface area contributed by atoms with E-state index in [9.17, 15) is 9.59 Å². The Morgan fingerprint density at radius 1 is 1.12 bits per heavy atom. The number of likely N-dealkylation sites (tertiary alicyclic amines) is 1. The number of hydrogen-bond donors (Lipinski definition) is 1. The van der Waals surface area contributed by atoms with Crippen molar-refractivity contribution in [2.24, 2.45) is 34.5 Å². The van der Waals surface area contributed by atoms with Crippen LogP contribution in [-0.2, 0) is 9.59 Å². The molecule has 1 aliphatic heterocycles. The van der Waals surface area contributed by atoms with E-state index in [2.05, 4.69) is 26.1 Å². The Morgan fingerprint density at radius 3 is 2.64 bits per heavy atom. The summed E-state index contributed by atoms with van der Waals surface area (Å²) in [6.07, 6.45) is 6.81. The Balaban J connectivity index is 1.42. The molecule has 1 aromatic carbocycles. The van der Waals surface area contributed by atoms with Gasteiger partial charge < -0.3 is 10.2 Å². The van der Waals surface area contributed by atoms with E-state index in [-0.39, 0.29) is 28.6 Å². The van der Waals surface area contributed by atoms with Gasteiger partial charge in [-0.3, -0.25) is 9.59 Å². The van der Waals surface area contributed by atoms with E-state index < -0.39 is 0 Å². The van der Waals surface area contributed by atoms with Crippen molar-refractivity contribution in [3.05, 3.63) is 39.5 Å². The minimum atomic E-state index is -0.0207. The number of anilines is 1. The second-order valence-electron chi connectivity index (χ2n) is 11.3. The van der Waals surface area contributed by atoms with Gasteiger partial charge in [0.25, 0.3) is 0 Å². The van der Waals surface area contributed by atoms with Gasteiger partial charge in [-0.25, -0.2) is 0 Å². The van der Waals surface area contributed by atoms with Crippen LogP contribution in [0.5, 0.6) is 0 Å². The Labute approximate surface area is 207 Å². The van der Waals surface area contributed by atoms with Gasteiger partial charge in [-0.1, -0.05) is 48.7 Å². The molecule has 0 bridgehead atoms. The maximum atomic E-state index is 13.5. The van der Waals surface area contributed by atoms with Crippen LogP contribution in [0.3, 0.4) is 0 Å². The van der Waals surface area contributed by atoms with E-state index in [0.717, 1.165) is 38.5 Å². The second-order valence-corrected chi connectivity index (χ2v) is 12.1. The third-order valence-electron chi connectivity index (χ3n) is 9.84. The Bertz CT molecular complexity index is 1050. The summed E-state index contributed by atoms with van der Waals surface area (Å²) >= 11 is 12.5. The number of fused-ring (bicyclic) bond motifs is 5. The van der Waals surface area contributed by atoms with Gasteiger partial charge in [0, 0.05) is 30.5 Å². The summed E-state index contributed by atoms with van der Waals surface area (Å²) in [6, 6.07) is 5.36. The number of halogens is 2. The molecule has 3 aliphatic carbocycles. The highest BCUT2D eigenvalue weighted by atomic mass is 35.5. The Morgan fingerprint density at radius 2 is 1.88 bits per heavy atom. The second kappa shape index (κ2) is 8.02. The van der Waals surface area contributed by atoms with Gasteiger partial charge in [-0.15, -0.1) is 0 Å². The quantitative estimate of drug-likeness (QED) is 0.490. The first kappa shape index (κ1) is 23.2. The minimum absolute atomic E-state index is 0.0131. The molecule has 2 saturated carbocycles. The van der Waals surface area contributed by atoms with Crippen molar-refractivity contribution in [3.63, 3.8) is 0 Å². The van der Waals surface area contributed by atoms with Crippen LogP contribution in [0.1, 0.15) is 65.7 Å². The van der Waals surface area contributed by atoms with Crippen molar-refractivity contribution < 1.29 is 9.59 Å². The number of allylic oxidation sites excluding steroid dienone is 2. The summed E-state index contributed by atoms with van der Waals surface area (Å²) in [5.74, 6) is 1.98. The first-order chi connectivity index (χ1) is 15.6. The van der Waals surface area contributed by atoms with Crippen LogP contribution < -0.4 is 5.32 Å². The lowest BCUT2D eigenvalue weighted by molar-refractivity contribution is -0.137. The van der Waals surface area contributed by atoms with E-state index in [1.807, 2.05) is 24.1 Å². The molecule has 4 aliphatic rings. The molecular weight excluding hydrogens is 455 g/mol. The van der Waals surface area contributed by atoms with E-state index in [4.69, 9.17) is 23.2 Å². The highest BCUT2D eigenvalue weighted by molar-refractivity contribution is 6.44. The van der Waals surface area contributed by atoms with Gasteiger partial charge in [0.15, 0.2) is 0 Å². The molecule has 6 atom stereocenters. The van der Waals surface area contributed by atoms with Crippen LogP contribution in [-0.4, -0.2) is 23.8 Å². The standard InChI is InChI=1S/C27H34Cl2N2O2/c1-15-14-16-17-8-9-19(25(33)30-21-7-5-6-20(28)23(21)29)26(17,2)12-10-18(16)27(3)13-11-22(32)31(4)24(15)27/h5-7,16-19H,8-14H2,1-4H3,(H,30,33)/t16-,17-,18+,19?,26-,27+/m0/s1. The van der Waals surface area contributed by atoms with Gasteiger partial charge in [0.2, 0.25) is 11.8 Å². The number of benzene rings is 1. The highest BCUT2D eigenvalue weighted by Crippen LogP contribution is 2.67. The van der Waals surface area contributed by atoms with Crippen LogP contribution in [0.4, 0.5) is 5.69 Å². The zero-order valence-electron chi connectivity index (χ0n) is 20.0. The van der Waals surface area contributed by atoms with Gasteiger partial charge in [-0.05, 0) is 80.8 Å². The third-order valence-corrected chi connectivity index (χ3v) is 10.7. The van der Waals surface area contributed by atoms with E-state index in [1.165, 1.54) is 11.3 Å². The zero-order chi connectivity index (χ0) is 23.7. The van der Waals surface area contributed by atoms with Gasteiger partial charge in [0.05, 0.1) is 15.7 Å². The topological polar surface area (TPSA) is 49.4 Å². The fraction of sp³-hybridized carbons (Fsp3) is 0.630. The van der Waals surface area contributed by atoms with Gasteiger partial charge in [0.1, 0.15) is 0 Å². The molecule has 4 nitrogen and oxygen atoms in total. The average Bonchev–Trinajstić information content (AvgIpc) is 3.12. The number of amides is 2. The van der Waals surface area contributed by atoms with Crippen LogP contribution >= 0.6 is 23.2 Å². The van der Waals surface area contributed by atoms with E-state index >= 15 is 0 Å². The summed E-state index contributed by atoms with van der Waals surface area (Å²) in [5, 5.41) is 3.94. The number of carbonyl (C=O) groups excluding carboxylic acids is 2. The zero-order valence-corrected chi connectivity index (χ0v) is 21.5. The largest absolute Gasteiger partial charge is 0.324 e. The molecule has 1 N–H and O–H groups in total. The summed E-state index contributed by atoms with van der Waals surface area (Å²) in [7, 11) is 1.96. The molecule has 0 spiro atoms. The van der Waals surface area contributed by atoms with Crippen LogP contribution in [0.25, 0.3) is 0 Å². The summed E-state index contributed by atoms with van der Waals surface area (Å²) < 4.78 is 0. The van der Waals surface area contributed by atoms with E-state index in [1.54, 1.807) is 6.07 Å². The van der Waals surface area contributed by atoms with Crippen molar-refractivity contribution in [1.82, 2.24) is 4.90 Å². The fourth-order valence-electron chi connectivity index (χ4n) is 8.36. The normalized spacial score (nSPS) is 38.0. The van der Waals surface area contributed by atoms with Crippen molar-refractivity contribution in [1.29, 1.82) is 0 Å². The molecule has 1 aromatic rings. The molecule has 6 heteroatoms. The lowest BCUT2D eigenvalue weighted by atomic mass is 9.48. The number of rotatable bonds is 2. The molecule has 0 aromatic heterocycles. The van der Waals surface area contributed by atoms with Crippen LogP contribution in [0.2, 0.25) is 10.0 Å². The predicted octanol–water partition coefficient (Wildman–Crippen LogP) is 6.93. The van der Waals surface area contributed by atoms with Crippen molar-refractivity contribution >= 4 is 40.7 Å². The summed E-state index contributed by atoms with van der Waals surface area (Å²) in [5.41, 5.74) is 3.30. The Kier molecular flexibility index (Phi) is 5.64. The SMILES string of the molecule is CC1=C2N(C)C(=O)CC[C@]2(C)[C@@H]2CC[C@]3(C)C(C(=O)Nc4cccc(Cl)c4Cl)CC[C@H]3[C@@H]2C1. The van der Waals surface area contributed by atoms with Crippen molar-refractivity contribution in [2.45, 2.75) is 65.7 Å². The smallest absolute Gasteiger partial charge is 0.228 e. The lowest BCUT2D eigenvalue weighted by Crippen LogP contribution is -2.54. The lowest BCUT2D eigenvalue weighted by Gasteiger charge is -2.59. The monoisotopic (exact) mass is 488 g/mol. The van der Waals surface area contributed by atoms with Crippen molar-refractivity contribution in [3.8, 4) is 0 Å². The Hall–Kier alpha value is -1.52. The van der Waals surface area contributed by atoms with Gasteiger partial charge in [-0.2, -0.15) is 0 Å². The maximum absolute atomic E-state index is 13.5. The molecule has 1 unspecified atom stereocenters. The van der Waals surface area contributed by atoms with Crippen LogP contribution in [0, 0.1) is 34.5 Å². The number of nitrogens with zero attached hydrogens (tertiary/aromatic N) is 1. The molecule has 1 saturated heterocycles. The molecule has 2 amide bonds. The number of nitrogens with one attached hydrogen (secondary N) is 1. The van der Waals surface area contributed by atoms with E-state index in [0.29, 0.717) is 39.9 Å². The van der Waals surface area contributed by atoms with Gasteiger partial charge >= 0.3 is 0 Å². The highest BCUT2D eigenvalue weighted by Gasteiger charge is 2.61. The predicted molar refractivity (Wildman–Crippen MR) is 133 cm³/mol. The average molecular weight is 489 g/mol. The van der Waals surface area contributed by atoms with Crippen LogP contribution in [0.15, 0.2) is 29.5 Å². The molecule has 33 heavy (non-hydrogen) atoms. The molecular formula is C27H34Cl2N2O2. The number of hydrogen-bond acceptors (Lipinski definition) is 2. The maximum Gasteiger partial charge on any atom is 0.228 e. The molecule has 3 fully saturated rings. The summed E-state index contributed by atoms with van der Waals surface area (Å²) in [6.45, 7) is 6.97. The molecule has 178 valence electrons. The first-order valence-electron chi connectivity index (χ1n) is 12.3.